The summed E-state index contributed by atoms with van der Waals surface area (Å²) in [6.07, 6.45) is 0. The summed E-state index contributed by atoms with van der Waals surface area (Å²) in [5.74, 6) is -3.31. The van der Waals surface area contributed by atoms with Gasteiger partial charge < -0.3 is 0 Å². The maximum Gasteiger partial charge on any atom is 0.217 e. The molecule has 0 saturated heterocycles. The molecule has 3 heteroatoms. The van der Waals surface area contributed by atoms with Gasteiger partial charge in [-0.05, 0) is 12.1 Å². The van der Waals surface area contributed by atoms with E-state index in [2.05, 4.69) is 0 Å². The Kier molecular flexibility index (Phi) is 1.34. The van der Waals surface area contributed by atoms with Crippen LogP contribution in [0.25, 0.3) is 0 Å². The molecule has 0 N–H and O–H groups in total. The molecule has 1 aromatic rings. The molecular weight excluding hydrogens is 126 g/mol. The largest absolute Gasteiger partial charge is 0.287 e. The Hall–Kier alpha value is -1.12. The molecule has 0 spiro atoms. The average molecular weight is 129 g/mol. The maximum absolute atomic E-state index is 12.0. The standard InChI is InChI=1S/C6H3F2O/c7-4-2-1-3-5(9)6(4)8/h1-3H. The molecule has 0 amide bonds. The Morgan fingerprint density at radius 3 is 2.33 bits per heavy atom. The summed E-state index contributed by atoms with van der Waals surface area (Å²) in [7, 11) is 0. The van der Waals surface area contributed by atoms with Gasteiger partial charge in [0.25, 0.3) is 0 Å². The zero-order valence-electron chi connectivity index (χ0n) is 4.40. The molecule has 0 aliphatic carbocycles. The molecule has 1 nitrogen and oxygen atoms in total. The van der Waals surface area contributed by atoms with E-state index in [1.165, 1.54) is 6.07 Å². The zero-order valence-corrected chi connectivity index (χ0v) is 4.40. The lowest BCUT2D eigenvalue weighted by molar-refractivity contribution is 0.320. The molecule has 1 aromatic carbocycles. The van der Waals surface area contributed by atoms with Crippen LogP contribution in [0.4, 0.5) is 8.78 Å². The number of hydrogen-bond donors (Lipinski definition) is 0. The molecule has 0 aromatic heterocycles. The Labute approximate surface area is 50.6 Å². The topological polar surface area (TPSA) is 19.9 Å². The van der Waals surface area contributed by atoms with E-state index in [9.17, 15) is 13.9 Å². The summed E-state index contributed by atoms with van der Waals surface area (Å²) in [5.41, 5.74) is 0. The fourth-order valence-electron chi connectivity index (χ4n) is 0.484. The Morgan fingerprint density at radius 1 is 1.22 bits per heavy atom. The van der Waals surface area contributed by atoms with E-state index in [0.29, 0.717) is 0 Å². The van der Waals surface area contributed by atoms with Gasteiger partial charge in [-0.15, -0.1) is 0 Å². The van der Waals surface area contributed by atoms with Crippen LogP contribution in [0.15, 0.2) is 18.2 Å². The summed E-state index contributed by atoms with van der Waals surface area (Å²) >= 11 is 0. The number of rotatable bonds is 0. The highest BCUT2D eigenvalue weighted by atomic mass is 19.2. The number of benzene rings is 1. The second-order valence-electron chi connectivity index (χ2n) is 1.55. The summed E-state index contributed by atoms with van der Waals surface area (Å²) in [6, 6.07) is 3.04. The van der Waals surface area contributed by atoms with Crippen LogP contribution in [-0.2, 0) is 5.11 Å². The highest BCUT2D eigenvalue weighted by Gasteiger charge is 2.05. The van der Waals surface area contributed by atoms with Gasteiger partial charge in [-0.25, -0.2) is 4.39 Å². The quantitative estimate of drug-likeness (QED) is 0.511. The lowest BCUT2D eigenvalue weighted by Crippen LogP contribution is -1.80. The Bertz CT molecular complexity index is 202. The zero-order chi connectivity index (χ0) is 6.85. The van der Waals surface area contributed by atoms with Gasteiger partial charge in [0, 0.05) is 0 Å². The van der Waals surface area contributed by atoms with Gasteiger partial charge in [-0.2, -0.15) is 4.39 Å². The molecule has 47 valence electrons. The molecule has 1 radical (unpaired) electrons. The smallest absolute Gasteiger partial charge is 0.217 e. The van der Waals surface area contributed by atoms with Crippen molar-refractivity contribution in [2.24, 2.45) is 0 Å². The van der Waals surface area contributed by atoms with Crippen LogP contribution in [-0.4, -0.2) is 0 Å². The molecule has 0 aliphatic rings. The molecule has 0 fully saturated rings. The minimum Gasteiger partial charge on any atom is -0.287 e. The monoisotopic (exact) mass is 129 g/mol. The third-order valence-electron chi connectivity index (χ3n) is 0.916. The minimum atomic E-state index is -1.31. The van der Waals surface area contributed by atoms with Gasteiger partial charge in [-0.3, -0.25) is 5.11 Å². The maximum atomic E-state index is 12.0. The van der Waals surface area contributed by atoms with Crippen molar-refractivity contribution in [1.29, 1.82) is 0 Å². The van der Waals surface area contributed by atoms with Crippen LogP contribution >= 0.6 is 0 Å². The molecule has 0 bridgehead atoms. The summed E-state index contributed by atoms with van der Waals surface area (Å²) in [5, 5.41) is 10.2. The van der Waals surface area contributed by atoms with Crippen molar-refractivity contribution in [3.63, 3.8) is 0 Å². The van der Waals surface area contributed by atoms with Crippen molar-refractivity contribution >= 4 is 0 Å². The molecule has 0 heterocycles. The minimum absolute atomic E-state index is 0.900. The third-order valence-corrected chi connectivity index (χ3v) is 0.916. The first-order valence-corrected chi connectivity index (χ1v) is 2.33. The van der Waals surface area contributed by atoms with E-state index in [0.717, 1.165) is 12.1 Å². The fraction of sp³-hybridized carbons (Fsp3) is 0. The summed E-state index contributed by atoms with van der Waals surface area (Å²) in [4.78, 5) is 0. The van der Waals surface area contributed by atoms with E-state index in [4.69, 9.17) is 0 Å². The molecule has 1 rings (SSSR count). The van der Waals surface area contributed by atoms with E-state index in [1.807, 2.05) is 0 Å². The third kappa shape index (κ3) is 0.988. The van der Waals surface area contributed by atoms with Crippen LogP contribution < -0.4 is 0 Å². The predicted octanol–water partition coefficient (Wildman–Crippen LogP) is 2.11. The van der Waals surface area contributed by atoms with Gasteiger partial charge >= 0.3 is 0 Å². The van der Waals surface area contributed by atoms with Crippen molar-refractivity contribution in [3.05, 3.63) is 29.8 Å². The highest BCUT2D eigenvalue weighted by Crippen LogP contribution is 2.16. The van der Waals surface area contributed by atoms with Crippen LogP contribution in [0.1, 0.15) is 0 Å². The molecule has 9 heavy (non-hydrogen) atoms. The van der Waals surface area contributed by atoms with Crippen LogP contribution in [0, 0.1) is 11.6 Å². The van der Waals surface area contributed by atoms with Crippen LogP contribution in [0.2, 0.25) is 0 Å². The molecule has 0 unspecified atom stereocenters. The normalized spacial score (nSPS) is 9.56. The molecular formula is C6H3F2O. The Balaban J connectivity index is 3.25. The van der Waals surface area contributed by atoms with Gasteiger partial charge in [0.15, 0.2) is 5.82 Å². The van der Waals surface area contributed by atoms with E-state index >= 15 is 0 Å². The molecule has 0 saturated carbocycles. The van der Waals surface area contributed by atoms with E-state index < -0.39 is 17.4 Å². The fourth-order valence-corrected chi connectivity index (χ4v) is 0.484. The first-order chi connectivity index (χ1) is 4.22. The lowest BCUT2D eigenvalue weighted by atomic mass is 10.3. The first kappa shape index (κ1) is 6.01. The van der Waals surface area contributed by atoms with Crippen LogP contribution in [0.3, 0.4) is 0 Å². The van der Waals surface area contributed by atoms with Gasteiger partial charge in [-0.1, -0.05) is 6.07 Å². The molecule has 0 aliphatic heterocycles. The number of hydrogen-bond acceptors (Lipinski definition) is 0. The van der Waals surface area contributed by atoms with Crippen molar-refractivity contribution in [2.45, 2.75) is 0 Å². The first-order valence-electron chi connectivity index (χ1n) is 2.33. The average Bonchev–Trinajstić information content (AvgIpc) is 1.83. The Morgan fingerprint density at radius 2 is 1.89 bits per heavy atom. The van der Waals surface area contributed by atoms with E-state index in [1.54, 1.807) is 0 Å². The van der Waals surface area contributed by atoms with Crippen molar-refractivity contribution < 1.29 is 13.9 Å². The van der Waals surface area contributed by atoms with Crippen molar-refractivity contribution in [3.8, 4) is 5.75 Å². The number of halogens is 2. The molecule has 0 atom stereocenters. The van der Waals surface area contributed by atoms with Crippen LogP contribution in [0.5, 0.6) is 5.75 Å². The van der Waals surface area contributed by atoms with E-state index in [-0.39, 0.29) is 0 Å². The summed E-state index contributed by atoms with van der Waals surface area (Å²) in [6.45, 7) is 0. The summed E-state index contributed by atoms with van der Waals surface area (Å²) < 4.78 is 24.0. The second-order valence-corrected chi connectivity index (χ2v) is 1.55. The SMILES string of the molecule is [O]c1cccc(F)c1F. The van der Waals surface area contributed by atoms with Crippen molar-refractivity contribution in [2.75, 3.05) is 0 Å². The second kappa shape index (κ2) is 2.01. The van der Waals surface area contributed by atoms with Gasteiger partial charge in [0.2, 0.25) is 11.6 Å². The highest BCUT2D eigenvalue weighted by molar-refractivity contribution is 5.22. The van der Waals surface area contributed by atoms with Crippen molar-refractivity contribution in [1.82, 2.24) is 0 Å². The predicted molar refractivity (Wildman–Crippen MR) is 26.5 cm³/mol. The van der Waals surface area contributed by atoms with Gasteiger partial charge in [0.05, 0.1) is 0 Å². The lowest BCUT2D eigenvalue weighted by Gasteiger charge is -1.89. The van der Waals surface area contributed by atoms with Gasteiger partial charge in [0.1, 0.15) is 0 Å².